The van der Waals surface area contributed by atoms with Gasteiger partial charge in [-0.05, 0) is 131 Å². The molecule has 0 nitrogen and oxygen atoms in total. The van der Waals surface area contributed by atoms with Crippen molar-refractivity contribution in [1.82, 2.24) is 0 Å². The molecule has 0 atom stereocenters. The summed E-state index contributed by atoms with van der Waals surface area (Å²) in [4.78, 5) is 0. The fourth-order valence-electron chi connectivity index (χ4n) is 6.30. The smallest absolute Gasteiger partial charge is 1.00 e. The van der Waals surface area contributed by atoms with Gasteiger partial charge in [-0.3, -0.25) is 0 Å². The van der Waals surface area contributed by atoms with Crippen molar-refractivity contribution in [3.63, 3.8) is 0 Å². The van der Waals surface area contributed by atoms with Crippen LogP contribution in [0.2, 0.25) is 0 Å². The van der Waals surface area contributed by atoms with Gasteiger partial charge in [-0.15, -0.1) is 0 Å². The van der Waals surface area contributed by atoms with Gasteiger partial charge in [0, 0.05) is 0 Å². The van der Waals surface area contributed by atoms with Gasteiger partial charge in [0.1, 0.15) is 0 Å². The molecule has 2 aliphatic rings. The van der Waals surface area contributed by atoms with E-state index in [0.717, 1.165) is 25.7 Å². The van der Waals surface area contributed by atoms with E-state index in [4.69, 9.17) is 0 Å². The molecule has 0 radical (unpaired) electrons. The van der Waals surface area contributed by atoms with Crippen LogP contribution in [-0.2, 0) is 51.9 Å². The Hall–Kier alpha value is -1.66. The average Bonchev–Trinajstić information content (AvgIpc) is 3.36. The number of aryl methyl sites for hydroxylation is 6. The Balaban J connectivity index is 0.00000114. The summed E-state index contributed by atoms with van der Waals surface area (Å²) in [6.45, 7) is 9.07. The summed E-state index contributed by atoms with van der Waals surface area (Å²) in [7, 11) is 0. The van der Waals surface area contributed by atoms with E-state index in [1.165, 1.54) is 66.8 Å². The third-order valence-electron chi connectivity index (χ3n) is 7.85. The molecule has 3 heteroatoms. The van der Waals surface area contributed by atoms with Gasteiger partial charge in [-0.1, -0.05) is 60.7 Å². The summed E-state index contributed by atoms with van der Waals surface area (Å²) in [5, 5.41) is 0. The maximum Gasteiger partial charge on any atom is 2.00 e. The number of halogens is 2. The summed E-state index contributed by atoms with van der Waals surface area (Å²) in [5.74, 6) is 0. The Labute approximate surface area is 241 Å². The Kier molecular flexibility index (Phi) is 8.58. The van der Waals surface area contributed by atoms with E-state index < -0.39 is 0 Å². The molecule has 0 heterocycles. The van der Waals surface area contributed by atoms with E-state index in [-0.39, 0.29) is 51.0 Å². The van der Waals surface area contributed by atoms with Crippen molar-refractivity contribution >= 4 is 0 Å². The third-order valence-corrected chi connectivity index (χ3v) is 7.85. The molecule has 0 unspecified atom stereocenters. The normalized spacial score (nSPS) is 11.9. The van der Waals surface area contributed by atoms with Crippen molar-refractivity contribution in [2.75, 3.05) is 0 Å². The topological polar surface area (TPSA) is 0 Å². The number of fused-ring (bicyclic) bond motifs is 6. The van der Waals surface area contributed by atoms with E-state index in [2.05, 4.69) is 88.4 Å². The quantitative estimate of drug-likeness (QED) is 0.302. The summed E-state index contributed by atoms with van der Waals surface area (Å²) in [6.07, 6.45) is 4.39. The minimum atomic E-state index is 0. The van der Waals surface area contributed by atoms with Gasteiger partial charge in [-0.25, -0.2) is 0 Å². The number of rotatable bonds is 3. The first-order valence-electron chi connectivity index (χ1n) is 11.9. The van der Waals surface area contributed by atoms with Crippen molar-refractivity contribution in [1.29, 1.82) is 0 Å². The zero-order chi connectivity index (χ0) is 22.0. The second-order valence-corrected chi connectivity index (χ2v) is 9.86. The number of benzene rings is 4. The van der Waals surface area contributed by atoms with Crippen molar-refractivity contribution in [3.8, 4) is 22.3 Å². The maximum absolute atomic E-state index is 2.39. The Morgan fingerprint density at radius 2 is 0.857 bits per heavy atom. The molecule has 0 saturated heterocycles. The van der Waals surface area contributed by atoms with Gasteiger partial charge in [0.05, 0.1) is 0 Å². The molecule has 4 aromatic rings. The van der Waals surface area contributed by atoms with Gasteiger partial charge < -0.3 is 24.8 Å². The van der Waals surface area contributed by atoms with Crippen molar-refractivity contribution < 1.29 is 51.0 Å². The fourth-order valence-corrected chi connectivity index (χ4v) is 6.30. The Bertz CT molecular complexity index is 1310. The standard InChI is InChI=1S/C32H30.2ClH.Zr/c1-19-7-5-9-25-17-27-23(13-11-21(3)31(27)29(19)25)15-16-24-14-12-22(4)32-28(24)18-26-10-6-8-20(2)30(26)32;;;/h5-14H,15-18H2,1-4H3;2*1H;/q;;;+2/p-2. The van der Waals surface area contributed by atoms with Crippen LogP contribution in [-0.4, -0.2) is 0 Å². The first-order chi connectivity index (χ1) is 15.5. The summed E-state index contributed by atoms with van der Waals surface area (Å²) >= 11 is 0. The van der Waals surface area contributed by atoms with Crippen LogP contribution in [0.3, 0.4) is 0 Å². The fraction of sp³-hybridized carbons (Fsp3) is 0.250. The average molecular weight is 577 g/mol. The molecule has 0 N–H and O–H groups in total. The first-order valence-corrected chi connectivity index (χ1v) is 11.9. The van der Waals surface area contributed by atoms with Crippen molar-refractivity contribution in [2.24, 2.45) is 0 Å². The van der Waals surface area contributed by atoms with Gasteiger partial charge in [0.25, 0.3) is 0 Å². The SMILES string of the molecule is Cc1cccc2c1-c1c(C)ccc(CCc3ccc(C)c4c3Cc3cccc(C)c3-4)c1C2.[Cl-].[Cl-].[Zr+2]. The number of hydrogen-bond acceptors (Lipinski definition) is 0. The summed E-state index contributed by atoms with van der Waals surface area (Å²) in [6, 6.07) is 23.0. The van der Waals surface area contributed by atoms with E-state index in [1.54, 1.807) is 11.1 Å². The summed E-state index contributed by atoms with van der Waals surface area (Å²) in [5.41, 5.74) is 20.8. The number of hydrogen-bond donors (Lipinski definition) is 0. The van der Waals surface area contributed by atoms with Crippen molar-refractivity contribution in [2.45, 2.75) is 53.4 Å². The Morgan fingerprint density at radius 1 is 0.486 bits per heavy atom. The maximum atomic E-state index is 2.39. The molecule has 6 rings (SSSR count). The van der Waals surface area contributed by atoms with Crippen LogP contribution in [0, 0.1) is 27.7 Å². The zero-order valence-corrected chi connectivity index (χ0v) is 24.8. The molecule has 0 spiro atoms. The van der Waals surface area contributed by atoms with Crippen LogP contribution in [0.5, 0.6) is 0 Å². The van der Waals surface area contributed by atoms with E-state index in [0.29, 0.717) is 0 Å². The van der Waals surface area contributed by atoms with Crippen molar-refractivity contribution in [3.05, 3.63) is 116 Å². The third kappa shape index (κ3) is 4.50. The summed E-state index contributed by atoms with van der Waals surface area (Å²) < 4.78 is 0. The zero-order valence-electron chi connectivity index (χ0n) is 20.9. The molecule has 0 aromatic heterocycles. The molecule has 0 fully saturated rings. The molecule has 176 valence electrons. The van der Waals surface area contributed by atoms with E-state index in [1.807, 2.05) is 0 Å². The van der Waals surface area contributed by atoms with E-state index >= 15 is 0 Å². The van der Waals surface area contributed by atoms with E-state index in [9.17, 15) is 0 Å². The first kappa shape index (κ1) is 27.9. The minimum Gasteiger partial charge on any atom is -1.00 e. The predicted molar refractivity (Wildman–Crippen MR) is 136 cm³/mol. The second-order valence-electron chi connectivity index (χ2n) is 9.86. The monoisotopic (exact) mass is 574 g/mol. The molecule has 4 aromatic carbocycles. The second kappa shape index (κ2) is 10.8. The molecule has 2 aliphatic carbocycles. The van der Waals surface area contributed by atoms with Crippen LogP contribution in [0.15, 0.2) is 60.7 Å². The Morgan fingerprint density at radius 3 is 1.26 bits per heavy atom. The molecule has 0 aliphatic heterocycles. The van der Waals surface area contributed by atoms with Gasteiger partial charge in [0.15, 0.2) is 0 Å². The van der Waals surface area contributed by atoms with Crippen LogP contribution in [0.1, 0.15) is 55.6 Å². The van der Waals surface area contributed by atoms with Gasteiger partial charge in [0.2, 0.25) is 0 Å². The van der Waals surface area contributed by atoms with Crippen LogP contribution < -0.4 is 24.8 Å². The largest absolute Gasteiger partial charge is 2.00 e. The molecular weight excluding hydrogens is 546 g/mol. The van der Waals surface area contributed by atoms with Gasteiger partial charge in [-0.2, -0.15) is 0 Å². The molecule has 0 amide bonds. The minimum absolute atomic E-state index is 0. The van der Waals surface area contributed by atoms with Crippen LogP contribution >= 0.6 is 0 Å². The molecule has 35 heavy (non-hydrogen) atoms. The molecule has 0 saturated carbocycles. The predicted octanol–water partition coefficient (Wildman–Crippen LogP) is 1.85. The van der Waals surface area contributed by atoms with Gasteiger partial charge >= 0.3 is 26.2 Å². The van der Waals surface area contributed by atoms with Crippen LogP contribution in [0.25, 0.3) is 22.3 Å². The molecular formula is C32H30Cl2Zr. The molecule has 0 bridgehead atoms. The van der Waals surface area contributed by atoms with Crippen LogP contribution in [0.4, 0.5) is 0 Å².